The molecule has 160 valence electrons. The van der Waals surface area contributed by atoms with Crippen LogP contribution in [0.2, 0.25) is 0 Å². The van der Waals surface area contributed by atoms with Gasteiger partial charge in [0.1, 0.15) is 11.5 Å². The fourth-order valence-corrected chi connectivity index (χ4v) is 4.00. The largest absolute Gasteiger partial charge is 0.379 e. The van der Waals surface area contributed by atoms with Crippen LogP contribution in [0, 0.1) is 5.82 Å². The summed E-state index contributed by atoms with van der Waals surface area (Å²) in [5, 5.41) is 6.42. The van der Waals surface area contributed by atoms with Gasteiger partial charge in [0.05, 0.1) is 31.9 Å². The zero-order chi connectivity index (χ0) is 21.2. The first-order chi connectivity index (χ1) is 15.2. The van der Waals surface area contributed by atoms with Gasteiger partial charge in [0.15, 0.2) is 5.82 Å². The second-order valence-electron chi connectivity index (χ2n) is 7.54. The van der Waals surface area contributed by atoms with Crippen LogP contribution in [-0.4, -0.2) is 65.0 Å². The van der Waals surface area contributed by atoms with Gasteiger partial charge in [-0.25, -0.2) is 19.5 Å². The van der Waals surface area contributed by atoms with E-state index in [9.17, 15) is 9.18 Å². The summed E-state index contributed by atoms with van der Waals surface area (Å²) in [5.74, 6) is 0.334. The average molecular weight is 422 g/mol. The van der Waals surface area contributed by atoms with Gasteiger partial charge in [0.2, 0.25) is 0 Å². The minimum atomic E-state index is -0.304. The zero-order valence-electron chi connectivity index (χ0n) is 17.0. The highest BCUT2D eigenvalue weighted by Gasteiger charge is 2.32. The molecule has 31 heavy (non-hydrogen) atoms. The first-order valence-corrected chi connectivity index (χ1v) is 10.3. The van der Waals surface area contributed by atoms with Crippen LogP contribution in [0.5, 0.6) is 0 Å². The molecule has 0 unspecified atom stereocenters. The van der Waals surface area contributed by atoms with Crippen molar-refractivity contribution in [3.63, 3.8) is 0 Å². The van der Waals surface area contributed by atoms with E-state index >= 15 is 0 Å². The number of hydrogen-bond donors (Lipinski definition) is 1. The van der Waals surface area contributed by atoms with Crippen LogP contribution in [0.4, 0.5) is 10.2 Å². The van der Waals surface area contributed by atoms with Crippen molar-refractivity contribution in [3.05, 3.63) is 54.6 Å². The molecule has 4 heterocycles. The predicted molar refractivity (Wildman–Crippen MR) is 114 cm³/mol. The van der Waals surface area contributed by atoms with E-state index in [-0.39, 0.29) is 11.7 Å². The average Bonchev–Trinajstić information content (AvgIpc) is 3.20. The van der Waals surface area contributed by atoms with Crippen molar-refractivity contribution in [1.29, 1.82) is 0 Å². The van der Waals surface area contributed by atoms with Crippen LogP contribution in [0.25, 0.3) is 22.4 Å². The second-order valence-corrected chi connectivity index (χ2v) is 7.54. The fourth-order valence-electron chi connectivity index (χ4n) is 4.00. The van der Waals surface area contributed by atoms with Gasteiger partial charge < -0.3 is 4.74 Å². The molecule has 0 saturated carbocycles. The lowest BCUT2D eigenvalue weighted by Gasteiger charge is -2.32. The zero-order valence-corrected chi connectivity index (χ0v) is 17.0. The molecule has 0 spiro atoms. The molecule has 3 aromatic rings. The number of aromatic nitrogens is 3. The number of carbonyl (C=O) groups is 1. The molecular weight excluding hydrogens is 399 g/mol. The predicted octanol–water partition coefficient (Wildman–Crippen LogP) is 1.93. The molecule has 0 bridgehead atoms. The molecule has 2 aliphatic rings. The van der Waals surface area contributed by atoms with E-state index in [4.69, 9.17) is 9.84 Å². The van der Waals surface area contributed by atoms with Crippen LogP contribution >= 0.6 is 0 Å². The third-order valence-corrected chi connectivity index (χ3v) is 5.53. The summed E-state index contributed by atoms with van der Waals surface area (Å²) in [5.41, 5.74) is 6.44. The number of halogens is 1. The maximum atomic E-state index is 13.5. The van der Waals surface area contributed by atoms with Crippen molar-refractivity contribution >= 4 is 11.7 Å². The van der Waals surface area contributed by atoms with Gasteiger partial charge in [-0.15, -0.1) is 0 Å². The summed E-state index contributed by atoms with van der Waals surface area (Å²) in [6.45, 7) is 4.24. The number of hydrogen-bond acceptors (Lipinski definition) is 6. The Bertz CT molecular complexity index is 1060. The van der Waals surface area contributed by atoms with Gasteiger partial charge in [0.25, 0.3) is 5.91 Å². The Morgan fingerprint density at radius 2 is 1.77 bits per heavy atom. The number of fused-ring (bicyclic) bond motifs is 1. The Morgan fingerprint density at radius 1 is 1.03 bits per heavy atom. The van der Waals surface area contributed by atoms with Gasteiger partial charge in [-0.05, 0) is 42.0 Å². The third-order valence-electron chi connectivity index (χ3n) is 5.53. The van der Waals surface area contributed by atoms with E-state index in [0.717, 1.165) is 29.8 Å². The van der Waals surface area contributed by atoms with Crippen molar-refractivity contribution in [2.45, 2.75) is 6.54 Å². The number of rotatable bonds is 4. The molecule has 0 radical (unpaired) electrons. The van der Waals surface area contributed by atoms with Crippen molar-refractivity contribution in [2.75, 3.05) is 44.4 Å². The van der Waals surface area contributed by atoms with E-state index in [1.54, 1.807) is 29.5 Å². The first kappa shape index (κ1) is 19.8. The summed E-state index contributed by atoms with van der Waals surface area (Å²) >= 11 is 0. The molecule has 1 N–H and O–H groups in total. The maximum absolute atomic E-state index is 13.5. The van der Waals surface area contributed by atoms with E-state index in [1.165, 1.54) is 12.1 Å². The molecule has 1 amide bonds. The molecule has 1 fully saturated rings. The lowest BCUT2D eigenvalue weighted by atomic mass is 10.0. The molecule has 2 aliphatic heterocycles. The van der Waals surface area contributed by atoms with Crippen LogP contribution in [0.1, 0.15) is 0 Å². The minimum absolute atomic E-state index is 0.0521. The number of ether oxygens (including phenoxy) is 1. The Hall–Kier alpha value is -3.14. The number of amides is 1. The van der Waals surface area contributed by atoms with Gasteiger partial charge in [0, 0.05) is 37.6 Å². The van der Waals surface area contributed by atoms with Crippen molar-refractivity contribution in [2.24, 2.45) is 0 Å². The summed E-state index contributed by atoms with van der Waals surface area (Å²) < 4.78 is 20.8. The standard InChI is InChI=1S/C22H23FN6O2/c23-18-3-1-17(2-4-18)21-20(16-5-7-24-8-6-16)22-28(26-21)10-9-25-29(22)19(30)15-27-11-13-31-14-12-27/h1-8,25H,9-15H2. The SMILES string of the molecule is O=C(CN1CCOCC1)N1NCCn2nc(-c3ccc(F)cc3)c(-c3ccncc3)c21. The van der Waals surface area contributed by atoms with Crippen molar-refractivity contribution in [1.82, 2.24) is 25.1 Å². The Morgan fingerprint density at radius 3 is 2.52 bits per heavy atom. The quantitative estimate of drug-likeness (QED) is 0.693. The highest BCUT2D eigenvalue weighted by Crippen LogP contribution is 2.40. The van der Waals surface area contributed by atoms with Crippen LogP contribution in [0.3, 0.4) is 0 Å². The second kappa shape index (κ2) is 8.54. The van der Waals surface area contributed by atoms with Gasteiger partial charge in [-0.1, -0.05) is 0 Å². The van der Waals surface area contributed by atoms with Gasteiger partial charge >= 0.3 is 0 Å². The van der Waals surface area contributed by atoms with Crippen LogP contribution < -0.4 is 10.4 Å². The number of nitrogens with zero attached hydrogens (tertiary/aromatic N) is 5. The number of nitrogens with one attached hydrogen (secondary N) is 1. The van der Waals surface area contributed by atoms with E-state index in [1.807, 2.05) is 16.8 Å². The number of pyridine rings is 1. The van der Waals surface area contributed by atoms with E-state index in [0.29, 0.717) is 44.4 Å². The van der Waals surface area contributed by atoms with E-state index < -0.39 is 0 Å². The van der Waals surface area contributed by atoms with Crippen LogP contribution in [0.15, 0.2) is 48.8 Å². The lowest BCUT2D eigenvalue weighted by Crippen LogP contribution is -2.53. The number of benzene rings is 1. The van der Waals surface area contributed by atoms with Gasteiger partial charge in [-0.2, -0.15) is 5.10 Å². The lowest BCUT2D eigenvalue weighted by molar-refractivity contribution is -0.121. The molecule has 1 saturated heterocycles. The number of anilines is 1. The third kappa shape index (κ3) is 3.95. The monoisotopic (exact) mass is 422 g/mol. The summed E-state index contributed by atoms with van der Waals surface area (Å²) in [4.78, 5) is 19.5. The number of hydrazine groups is 1. The number of carbonyl (C=O) groups excluding carboxylic acids is 1. The van der Waals surface area contributed by atoms with Crippen molar-refractivity contribution in [3.8, 4) is 22.4 Å². The fraction of sp³-hybridized carbons (Fsp3) is 0.318. The minimum Gasteiger partial charge on any atom is -0.379 e. The highest BCUT2D eigenvalue weighted by atomic mass is 19.1. The summed E-state index contributed by atoms with van der Waals surface area (Å²) in [7, 11) is 0. The first-order valence-electron chi connectivity index (χ1n) is 10.3. The molecular formula is C22H23FN6O2. The Labute approximate surface area is 179 Å². The normalized spacial score (nSPS) is 16.9. The molecule has 1 aromatic carbocycles. The highest BCUT2D eigenvalue weighted by molar-refractivity contribution is 6.00. The molecule has 0 aliphatic carbocycles. The van der Waals surface area contributed by atoms with Crippen molar-refractivity contribution < 1.29 is 13.9 Å². The number of morpholine rings is 1. The molecule has 9 heteroatoms. The molecule has 0 atom stereocenters. The Balaban J connectivity index is 1.58. The topological polar surface area (TPSA) is 75.5 Å². The van der Waals surface area contributed by atoms with Gasteiger partial charge in [-0.3, -0.25) is 14.7 Å². The summed E-state index contributed by atoms with van der Waals surface area (Å²) in [6.07, 6.45) is 3.42. The summed E-state index contributed by atoms with van der Waals surface area (Å²) in [6, 6.07) is 10.0. The van der Waals surface area contributed by atoms with Crippen LogP contribution in [-0.2, 0) is 16.1 Å². The Kier molecular flexibility index (Phi) is 5.46. The smallest absolute Gasteiger partial charge is 0.256 e. The molecule has 8 nitrogen and oxygen atoms in total. The maximum Gasteiger partial charge on any atom is 0.256 e. The molecule has 2 aromatic heterocycles. The van der Waals surface area contributed by atoms with E-state index in [2.05, 4.69) is 15.3 Å². The molecule has 5 rings (SSSR count).